The van der Waals surface area contributed by atoms with Gasteiger partial charge in [0.2, 0.25) is 0 Å². The van der Waals surface area contributed by atoms with Crippen LogP contribution in [0.2, 0.25) is 0 Å². The normalized spacial score (nSPS) is 18.2. The van der Waals surface area contributed by atoms with Crippen molar-refractivity contribution in [2.75, 3.05) is 27.3 Å². The zero-order valence-corrected chi connectivity index (χ0v) is 16.9. The molecule has 1 saturated heterocycles. The highest BCUT2D eigenvalue weighted by atomic mass is 32.2. The Morgan fingerprint density at radius 3 is 2.57 bits per heavy atom. The minimum Gasteiger partial charge on any atom is -0.493 e. The van der Waals surface area contributed by atoms with Crippen LogP contribution in [0, 0.1) is 12.8 Å². The van der Waals surface area contributed by atoms with Crippen molar-refractivity contribution < 1.29 is 17.9 Å². The van der Waals surface area contributed by atoms with Crippen LogP contribution < -0.4 is 14.6 Å². The molecule has 0 spiro atoms. The minimum absolute atomic E-state index is 0.165. The standard InChI is InChI=1S/C18H23N5O4S/c1-11-21-15-8-20-14-7-17(27-3)16(26-2)6-13(14)18(15)23(11)10-12-4-5-22(9-12)28(19,24)25/h6-8,12H,4-5,9-10H2,1-3H3,(H2,19,24,25). The van der Waals surface area contributed by atoms with Crippen molar-refractivity contribution in [1.82, 2.24) is 18.8 Å². The Morgan fingerprint density at radius 2 is 1.93 bits per heavy atom. The van der Waals surface area contributed by atoms with Gasteiger partial charge in [0.1, 0.15) is 11.3 Å². The van der Waals surface area contributed by atoms with Crippen LogP contribution in [0.15, 0.2) is 18.3 Å². The van der Waals surface area contributed by atoms with Crippen LogP contribution in [0.5, 0.6) is 11.5 Å². The molecule has 2 N–H and O–H groups in total. The Balaban J connectivity index is 1.80. The lowest BCUT2D eigenvalue weighted by atomic mass is 10.1. The molecule has 3 aromatic rings. The summed E-state index contributed by atoms with van der Waals surface area (Å²) >= 11 is 0. The summed E-state index contributed by atoms with van der Waals surface area (Å²) in [6.45, 7) is 3.46. The SMILES string of the molecule is COc1cc2ncc3nc(C)n(CC4CCN(S(N)(=O)=O)C4)c3c2cc1OC. The van der Waals surface area contributed by atoms with Crippen LogP contribution in [0.25, 0.3) is 21.9 Å². The minimum atomic E-state index is -3.65. The molecule has 0 radical (unpaired) electrons. The number of pyridine rings is 1. The highest BCUT2D eigenvalue weighted by Gasteiger charge is 2.30. The maximum Gasteiger partial charge on any atom is 0.276 e. The molecule has 1 unspecified atom stereocenters. The first kappa shape index (κ1) is 18.9. The van der Waals surface area contributed by atoms with Crippen LogP contribution in [0.4, 0.5) is 0 Å². The van der Waals surface area contributed by atoms with Gasteiger partial charge >= 0.3 is 0 Å². The first-order chi connectivity index (χ1) is 13.3. The van der Waals surface area contributed by atoms with Crippen molar-refractivity contribution in [2.24, 2.45) is 11.1 Å². The number of nitrogens with zero attached hydrogens (tertiary/aromatic N) is 4. The fraction of sp³-hybridized carbons (Fsp3) is 0.444. The summed E-state index contributed by atoms with van der Waals surface area (Å²) < 4.78 is 37.5. The molecule has 3 heterocycles. The summed E-state index contributed by atoms with van der Waals surface area (Å²) in [5, 5.41) is 6.19. The van der Waals surface area contributed by atoms with Gasteiger partial charge in [-0.3, -0.25) is 4.98 Å². The summed E-state index contributed by atoms with van der Waals surface area (Å²) in [6.07, 6.45) is 2.51. The third-order valence-electron chi connectivity index (χ3n) is 5.32. The number of methoxy groups -OCH3 is 2. The number of hydrogen-bond acceptors (Lipinski definition) is 6. The van der Waals surface area contributed by atoms with E-state index in [0.717, 1.165) is 34.2 Å². The van der Waals surface area contributed by atoms with E-state index in [1.165, 1.54) is 4.31 Å². The zero-order valence-electron chi connectivity index (χ0n) is 16.0. The number of nitrogens with two attached hydrogens (primary N) is 1. The molecule has 150 valence electrons. The van der Waals surface area contributed by atoms with Crippen molar-refractivity contribution in [3.05, 3.63) is 24.2 Å². The maximum atomic E-state index is 11.6. The smallest absolute Gasteiger partial charge is 0.276 e. The Hall–Kier alpha value is -2.43. The lowest BCUT2D eigenvalue weighted by Gasteiger charge is -2.16. The molecule has 1 atom stereocenters. The monoisotopic (exact) mass is 405 g/mol. The molecular weight excluding hydrogens is 382 g/mol. The highest BCUT2D eigenvalue weighted by Crippen LogP contribution is 2.35. The van der Waals surface area contributed by atoms with E-state index in [9.17, 15) is 8.42 Å². The van der Waals surface area contributed by atoms with E-state index in [4.69, 9.17) is 14.6 Å². The van der Waals surface area contributed by atoms with Gasteiger partial charge in [-0.15, -0.1) is 0 Å². The number of fused-ring (bicyclic) bond motifs is 3. The second-order valence-corrected chi connectivity index (χ2v) is 8.59. The van der Waals surface area contributed by atoms with Crippen molar-refractivity contribution in [1.29, 1.82) is 0 Å². The second kappa shape index (κ2) is 6.87. The summed E-state index contributed by atoms with van der Waals surface area (Å²) in [6, 6.07) is 3.75. The van der Waals surface area contributed by atoms with Crippen molar-refractivity contribution in [3.63, 3.8) is 0 Å². The fourth-order valence-corrected chi connectivity index (χ4v) is 4.69. The number of aryl methyl sites for hydroxylation is 1. The van der Waals surface area contributed by atoms with Gasteiger partial charge in [-0.2, -0.15) is 12.7 Å². The molecule has 1 fully saturated rings. The van der Waals surface area contributed by atoms with E-state index in [1.807, 2.05) is 19.1 Å². The Kier molecular flexibility index (Phi) is 4.64. The van der Waals surface area contributed by atoms with Crippen molar-refractivity contribution in [3.8, 4) is 11.5 Å². The van der Waals surface area contributed by atoms with Crippen molar-refractivity contribution >= 4 is 32.1 Å². The first-order valence-electron chi connectivity index (χ1n) is 8.97. The van der Waals surface area contributed by atoms with Crippen LogP contribution in [-0.2, 0) is 16.8 Å². The molecule has 0 bridgehead atoms. The Labute approximate surface area is 163 Å². The van der Waals surface area contributed by atoms with Crippen LogP contribution in [0.3, 0.4) is 0 Å². The molecule has 10 heteroatoms. The average Bonchev–Trinajstić information content (AvgIpc) is 3.25. The number of hydrogen-bond donors (Lipinski definition) is 1. The number of imidazole rings is 1. The topological polar surface area (TPSA) is 113 Å². The van der Waals surface area contributed by atoms with Crippen molar-refractivity contribution in [2.45, 2.75) is 19.9 Å². The molecule has 28 heavy (non-hydrogen) atoms. The van der Waals surface area contributed by atoms with Gasteiger partial charge in [-0.25, -0.2) is 10.1 Å². The summed E-state index contributed by atoms with van der Waals surface area (Å²) in [5.41, 5.74) is 2.53. The molecule has 4 rings (SSSR count). The van der Waals surface area contributed by atoms with Gasteiger partial charge in [0, 0.05) is 31.1 Å². The van der Waals surface area contributed by atoms with E-state index >= 15 is 0 Å². The van der Waals surface area contributed by atoms with Crippen LogP contribution in [-0.4, -0.2) is 54.6 Å². The molecule has 1 aliphatic rings. The lowest BCUT2D eigenvalue weighted by Crippen LogP contribution is -2.35. The van der Waals surface area contributed by atoms with E-state index in [2.05, 4.69) is 14.5 Å². The lowest BCUT2D eigenvalue weighted by molar-refractivity contribution is 0.356. The average molecular weight is 405 g/mol. The van der Waals surface area contributed by atoms with E-state index < -0.39 is 10.2 Å². The number of rotatable bonds is 5. The number of ether oxygens (including phenoxy) is 2. The Morgan fingerprint density at radius 1 is 1.21 bits per heavy atom. The van der Waals surface area contributed by atoms with E-state index in [0.29, 0.717) is 31.1 Å². The van der Waals surface area contributed by atoms with Gasteiger partial charge in [-0.05, 0) is 25.3 Å². The summed E-state index contributed by atoms with van der Waals surface area (Å²) in [7, 11) is -0.462. The highest BCUT2D eigenvalue weighted by molar-refractivity contribution is 7.86. The van der Waals surface area contributed by atoms with Gasteiger partial charge < -0.3 is 14.0 Å². The molecule has 0 amide bonds. The largest absolute Gasteiger partial charge is 0.493 e. The summed E-state index contributed by atoms with van der Waals surface area (Å²) in [4.78, 5) is 9.15. The second-order valence-electron chi connectivity index (χ2n) is 7.04. The summed E-state index contributed by atoms with van der Waals surface area (Å²) in [5.74, 6) is 2.26. The third-order valence-corrected chi connectivity index (χ3v) is 6.37. The third kappa shape index (κ3) is 3.17. The molecule has 0 aliphatic carbocycles. The van der Waals surface area contributed by atoms with Gasteiger partial charge in [-0.1, -0.05) is 0 Å². The predicted molar refractivity (Wildman–Crippen MR) is 106 cm³/mol. The predicted octanol–water partition coefficient (Wildman–Crippen LogP) is 1.44. The number of benzene rings is 1. The van der Waals surface area contributed by atoms with Crippen LogP contribution in [0.1, 0.15) is 12.2 Å². The fourth-order valence-electron chi connectivity index (χ4n) is 3.92. The molecule has 1 aromatic carbocycles. The molecule has 1 aliphatic heterocycles. The quantitative estimate of drug-likeness (QED) is 0.687. The van der Waals surface area contributed by atoms with Crippen LogP contribution >= 0.6 is 0 Å². The maximum absolute atomic E-state index is 11.6. The van der Waals surface area contributed by atoms with Gasteiger partial charge in [0.05, 0.1) is 31.4 Å². The number of aromatic nitrogens is 3. The van der Waals surface area contributed by atoms with Gasteiger partial charge in [0.15, 0.2) is 11.5 Å². The zero-order chi connectivity index (χ0) is 20.1. The molecule has 2 aromatic heterocycles. The molecular formula is C18H23N5O4S. The van der Waals surface area contributed by atoms with E-state index in [-0.39, 0.29) is 5.92 Å². The van der Waals surface area contributed by atoms with Gasteiger partial charge in [0.25, 0.3) is 10.2 Å². The first-order valence-corrected chi connectivity index (χ1v) is 10.5. The molecule has 0 saturated carbocycles. The van der Waals surface area contributed by atoms with E-state index in [1.54, 1.807) is 20.4 Å². The molecule has 9 nitrogen and oxygen atoms in total. The Bertz CT molecular complexity index is 1160.